The fourth-order valence-electron chi connectivity index (χ4n) is 2.74. The molecule has 4 heteroatoms. The average molecular weight is 251 g/mol. The maximum atomic E-state index is 5.79. The van der Waals surface area contributed by atoms with Crippen LogP contribution in [-0.2, 0) is 12.8 Å². The van der Waals surface area contributed by atoms with Gasteiger partial charge >= 0.3 is 0 Å². The van der Waals surface area contributed by atoms with Crippen molar-refractivity contribution in [2.24, 2.45) is 5.73 Å². The van der Waals surface area contributed by atoms with E-state index >= 15 is 0 Å². The number of nitrogens with two attached hydrogens (primary N) is 1. The minimum Gasteiger partial charge on any atom is -0.446 e. The van der Waals surface area contributed by atoms with Gasteiger partial charge in [-0.25, -0.2) is 4.98 Å². The van der Waals surface area contributed by atoms with Crippen molar-refractivity contribution in [3.8, 4) is 0 Å². The van der Waals surface area contributed by atoms with Crippen molar-refractivity contribution >= 4 is 0 Å². The minimum absolute atomic E-state index is 0.616. The van der Waals surface area contributed by atoms with Gasteiger partial charge in [-0.1, -0.05) is 13.3 Å². The molecule has 102 valence electrons. The normalized spacial score (nSPS) is 21.3. The second kappa shape index (κ2) is 6.90. The van der Waals surface area contributed by atoms with Gasteiger partial charge < -0.3 is 15.1 Å². The Hall–Kier alpha value is -0.870. The van der Waals surface area contributed by atoms with Gasteiger partial charge in [-0.05, 0) is 38.9 Å². The molecule has 0 amide bonds. The van der Waals surface area contributed by atoms with E-state index in [0.29, 0.717) is 12.6 Å². The molecule has 0 aliphatic carbocycles. The third-order valence-corrected chi connectivity index (χ3v) is 3.79. The number of likely N-dealkylation sites (N-methyl/N-ethyl adjacent to an activating group) is 1. The van der Waals surface area contributed by atoms with Crippen LogP contribution in [0.2, 0.25) is 0 Å². The molecular formula is C14H25N3O. The van der Waals surface area contributed by atoms with Crippen LogP contribution in [0.4, 0.5) is 0 Å². The fraction of sp³-hybridized carbons (Fsp3) is 0.786. The number of hydrogen-bond acceptors (Lipinski definition) is 4. The highest BCUT2D eigenvalue weighted by Crippen LogP contribution is 2.20. The van der Waals surface area contributed by atoms with Crippen molar-refractivity contribution in [1.82, 2.24) is 9.88 Å². The van der Waals surface area contributed by atoms with Crippen LogP contribution in [0.1, 0.15) is 44.3 Å². The van der Waals surface area contributed by atoms with Crippen LogP contribution in [0.25, 0.3) is 0 Å². The Morgan fingerprint density at radius 1 is 1.50 bits per heavy atom. The van der Waals surface area contributed by atoms with E-state index in [1.54, 1.807) is 0 Å². The molecule has 0 aromatic carbocycles. The quantitative estimate of drug-likeness (QED) is 0.840. The molecule has 0 radical (unpaired) electrons. The molecule has 1 saturated heterocycles. The topological polar surface area (TPSA) is 55.3 Å². The molecule has 1 aromatic heterocycles. The minimum atomic E-state index is 0.616. The number of aromatic nitrogens is 1. The molecule has 1 fully saturated rings. The summed E-state index contributed by atoms with van der Waals surface area (Å²) in [5, 5.41) is 0. The molecule has 1 aliphatic heterocycles. The van der Waals surface area contributed by atoms with E-state index in [9.17, 15) is 0 Å². The van der Waals surface area contributed by atoms with E-state index in [2.05, 4.69) is 16.8 Å². The lowest BCUT2D eigenvalue weighted by Crippen LogP contribution is -2.40. The van der Waals surface area contributed by atoms with Crippen LogP contribution in [0.5, 0.6) is 0 Å². The van der Waals surface area contributed by atoms with E-state index in [0.717, 1.165) is 37.5 Å². The Balaban J connectivity index is 1.89. The SMILES string of the molecule is CCN1CCCCC1Cc1ncc(CCCN)o1. The van der Waals surface area contributed by atoms with Gasteiger partial charge in [-0.3, -0.25) is 0 Å². The lowest BCUT2D eigenvalue weighted by molar-refractivity contribution is 0.148. The predicted octanol–water partition coefficient (Wildman–Crippen LogP) is 1.98. The van der Waals surface area contributed by atoms with Gasteiger partial charge in [0.25, 0.3) is 0 Å². The number of rotatable bonds is 6. The van der Waals surface area contributed by atoms with E-state index in [4.69, 9.17) is 10.2 Å². The Morgan fingerprint density at radius 2 is 2.39 bits per heavy atom. The first-order valence-electron chi connectivity index (χ1n) is 7.21. The summed E-state index contributed by atoms with van der Waals surface area (Å²) in [4.78, 5) is 6.95. The zero-order valence-corrected chi connectivity index (χ0v) is 11.4. The Labute approximate surface area is 110 Å². The molecule has 0 saturated carbocycles. The highest BCUT2D eigenvalue weighted by molar-refractivity contribution is 4.97. The van der Waals surface area contributed by atoms with Gasteiger partial charge in [-0.15, -0.1) is 0 Å². The maximum absolute atomic E-state index is 5.79. The number of nitrogens with zero attached hydrogens (tertiary/aromatic N) is 2. The monoisotopic (exact) mass is 251 g/mol. The molecule has 1 aliphatic rings. The Kier molecular flexibility index (Phi) is 5.20. The Morgan fingerprint density at radius 3 is 3.17 bits per heavy atom. The number of oxazole rings is 1. The summed E-state index contributed by atoms with van der Waals surface area (Å²) < 4.78 is 5.79. The zero-order valence-electron chi connectivity index (χ0n) is 11.4. The fourth-order valence-corrected chi connectivity index (χ4v) is 2.74. The smallest absolute Gasteiger partial charge is 0.195 e. The maximum Gasteiger partial charge on any atom is 0.195 e. The van der Waals surface area contributed by atoms with Crippen molar-refractivity contribution in [3.63, 3.8) is 0 Å². The van der Waals surface area contributed by atoms with Crippen LogP contribution in [0.15, 0.2) is 10.6 Å². The molecule has 1 atom stereocenters. The molecule has 2 rings (SSSR count). The van der Waals surface area contributed by atoms with Gasteiger partial charge in [0, 0.05) is 18.9 Å². The van der Waals surface area contributed by atoms with Crippen LogP contribution in [-0.4, -0.2) is 35.6 Å². The summed E-state index contributed by atoms with van der Waals surface area (Å²) in [7, 11) is 0. The molecule has 0 bridgehead atoms. The predicted molar refractivity (Wildman–Crippen MR) is 72.5 cm³/mol. The van der Waals surface area contributed by atoms with Crippen molar-refractivity contribution in [2.75, 3.05) is 19.6 Å². The van der Waals surface area contributed by atoms with E-state index < -0.39 is 0 Å². The lowest BCUT2D eigenvalue weighted by Gasteiger charge is -2.34. The van der Waals surface area contributed by atoms with Crippen LogP contribution in [0.3, 0.4) is 0 Å². The number of aryl methyl sites for hydroxylation is 1. The Bertz CT molecular complexity index is 351. The first-order chi connectivity index (χ1) is 8.83. The van der Waals surface area contributed by atoms with Gasteiger partial charge in [-0.2, -0.15) is 0 Å². The van der Waals surface area contributed by atoms with Crippen LogP contribution in [0, 0.1) is 0 Å². The largest absolute Gasteiger partial charge is 0.446 e. The van der Waals surface area contributed by atoms with Gasteiger partial charge in [0.05, 0.1) is 6.20 Å². The van der Waals surface area contributed by atoms with E-state index in [-0.39, 0.29) is 0 Å². The summed E-state index contributed by atoms with van der Waals surface area (Å²) in [6, 6.07) is 0.616. The third-order valence-electron chi connectivity index (χ3n) is 3.79. The van der Waals surface area contributed by atoms with Crippen molar-refractivity contribution in [2.45, 2.75) is 51.5 Å². The van der Waals surface area contributed by atoms with Gasteiger partial charge in [0.1, 0.15) is 5.76 Å². The highest BCUT2D eigenvalue weighted by Gasteiger charge is 2.22. The number of likely N-dealkylation sites (tertiary alicyclic amines) is 1. The van der Waals surface area contributed by atoms with Crippen LogP contribution >= 0.6 is 0 Å². The van der Waals surface area contributed by atoms with Crippen molar-refractivity contribution in [1.29, 1.82) is 0 Å². The van der Waals surface area contributed by atoms with E-state index in [1.165, 1.54) is 25.8 Å². The number of hydrogen-bond donors (Lipinski definition) is 1. The second-order valence-corrected chi connectivity index (χ2v) is 5.09. The van der Waals surface area contributed by atoms with Crippen molar-refractivity contribution in [3.05, 3.63) is 17.8 Å². The summed E-state index contributed by atoms with van der Waals surface area (Å²) in [5.74, 6) is 1.88. The van der Waals surface area contributed by atoms with Crippen LogP contribution < -0.4 is 5.73 Å². The molecule has 1 aromatic rings. The van der Waals surface area contributed by atoms with Gasteiger partial charge in [0.2, 0.25) is 0 Å². The lowest BCUT2D eigenvalue weighted by atomic mass is 9.99. The average Bonchev–Trinajstić information content (AvgIpc) is 2.84. The zero-order chi connectivity index (χ0) is 12.8. The summed E-state index contributed by atoms with van der Waals surface area (Å²) >= 11 is 0. The molecule has 2 heterocycles. The second-order valence-electron chi connectivity index (χ2n) is 5.09. The molecular weight excluding hydrogens is 226 g/mol. The molecule has 4 nitrogen and oxygen atoms in total. The highest BCUT2D eigenvalue weighted by atomic mass is 16.4. The summed E-state index contributed by atoms with van der Waals surface area (Å²) in [6.45, 7) is 5.30. The number of piperidine rings is 1. The molecule has 2 N–H and O–H groups in total. The standard InChI is InChI=1S/C14H25N3O/c1-2-17-9-4-3-6-12(17)10-14-16-11-13(18-14)7-5-8-15/h11-12H,2-10,15H2,1H3. The molecule has 18 heavy (non-hydrogen) atoms. The van der Waals surface area contributed by atoms with E-state index in [1.807, 2.05) is 6.20 Å². The summed E-state index contributed by atoms with van der Waals surface area (Å²) in [5.41, 5.74) is 5.50. The van der Waals surface area contributed by atoms with Crippen molar-refractivity contribution < 1.29 is 4.42 Å². The molecule has 1 unspecified atom stereocenters. The third kappa shape index (κ3) is 3.56. The summed E-state index contributed by atoms with van der Waals surface area (Å²) in [6.07, 6.45) is 8.64. The molecule has 0 spiro atoms. The first kappa shape index (κ1) is 13.6. The first-order valence-corrected chi connectivity index (χ1v) is 7.21. The van der Waals surface area contributed by atoms with Gasteiger partial charge in [0.15, 0.2) is 5.89 Å².